The lowest BCUT2D eigenvalue weighted by atomic mass is 10.2. The van der Waals surface area contributed by atoms with Crippen LogP contribution in [0.4, 0.5) is 19.1 Å². The van der Waals surface area contributed by atoms with Crippen molar-refractivity contribution in [3.05, 3.63) is 45.1 Å². The fraction of sp³-hybridized carbons (Fsp3) is 0.381. The molecule has 0 saturated carbocycles. The number of benzene rings is 1. The van der Waals surface area contributed by atoms with Gasteiger partial charge in [0, 0.05) is 33.2 Å². The number of hydrogen-bond donors (Lipinski definition) is 2. The summed E-state index contributed by atoms with van der Waals surface area (Å²) >= 11 is 0. The Morgan fingerprint density at radius 1 is 1.16 bits per heavy atom. The number of aryl methyl sites for hydroxylation is 1. The third-order valence-corrected chi connectivity index (χ3v) is 5.56. The number of anilines is 1. The second-order valence-electron chi connectivity index (χ2n) is 7.94. The van der Waals surface area contributed by atoms with Gasteiger partial charge in [-0.1, -0.05) is 12.1 Å². The molecule has 0 atom stereocenters. The van der Waals surface area contributed by atoms with E-state index in [9.17, 15) is 37.5 Å². The van der Waals surface area contributed by atoms with Crippen LogP contribution >= 0.6 is 0 Å². The van der Waals surface area contributed by atoms with Gasteiger partial charge < -0.3 is 24.8 Å². The van der Waals surface area contributed by atoms with Gasteiger partial charge in [-0.2, -0.15) is 18.2 Å². The van der Waals surface area contributed by atoms with Crippen LogP contribution in [0.3, 0.4) is 0 Å². The van der Waals surface area contributed by atoms with E-state index in [-0.39, 0.29) is 28.5 Å². The van der Waals surface area contributed by atoms with Crippen molar-refractivity contribution in [1.82, 2.24) is 24.0 Å². The minimum Gasteiger partial charge on any atom is -0.480 e. The summed E-state index contributed by atoms with van der Waals surface area (Å²) in [5, 5.41) is 12.4. The Balaban J connectivity index is 1.91. The number of halogens is 3. The molecule has 0 unspecified atom stereocenters. The average Bonchev–Trinajstić information content (AvgIpc) is 3.26. The summed E-state index contributed by atoms with van der Waals surface area (Å²) in [6.45, 7) is 0.112. The van der Waals surface area contributed by atoms with Crippen molar-refractivity contribution in [3.8, 4) is 11.4 Å². The molecule has 4 rings (SSSR count). The van der Waals surface area contributed by atoms with Crippen LogP contribution in [0.2, 0.25) is 0 Å². The number of alkyl halides is 3. The maximum Gasteiger partial charge on any atom is 0.491 e. The number of aromatic nitrogens is 4. The van der Waals surface area contributed by atoms with Gasteiger partial charge in [-0.15, -0.1) is 0 Å². The summed E-state index contributed by atoms with van der Waals surface area (Å²) in [4.78, 5) is 54.9. The Morgan fingerprint density at radius 3 is 2.49 bits per heavy atom. The molecule has 13 nitrogen and oxygen atoms in total. The van der Waals surface area contributed by atoms with Crippen LogP contribution in [-0.4, -0.2) is 74.9 Å². The first-order valence-corrected chi connectivity index (χ1v) is 10.9. The second-order valence-corrected chi connectivity index (χ2v) is 7.94. The molecule has 2 N–H and O–H groups in total. The van der Waals surface area contributed by atoms with Crippen molar-refractivity contribution < 1.29 is 37.3 Å². The highest BCUT2D eigenvalue weighted by molar-refractivity contribution is 5.79. The SMILES string of the molecule is Cn1c(=O)n(CC(=O)O)c(=O)c2c1nc(N1CCNCC1)n2-c1ccccc1OCOC(=O)C(F)(F)F. The van der Waals surface area contributed by atoms with Crippen molar-refractivity contribution in [3.63, 3.8) is 0 Å². The van der Waals surface area contributed by atoms with E-state index in [4.69, 9.17) is 4.74 Å². The van der Waals surface area contributed by atoms with E-state index in [1.165, 1.54) is 29.8 Å². The third kappa shape index (κ3) is 5.00. The maximum absolute atomic E-state index is 13.4. The first-order valence-electron chi connectivity index (χ1n) is 10.9. The van der Waals surface area contributed by atoms with E-state index >= 15 is 0 Å². The maximum atomic E-state index is 13.4. The first-order chi connectivity index (χ1) is 17.5. The van der Waals surface area contributed by atoms with Crippen LogP contribution in [0.15, 0.2) is 33.9 Å². The predicted octanol–water partition coefficient (Wildman–Crippen LogP) is -0.178. The summed E-state index contributed by atoms with van der Waals surface area (Å²) in [7, 11) is 1.33. The lowest BCUT2D eigenvalue weighted by Gasteiger charge is -2.29. The number of fused-ring (bicyclic) bond motifs is 1. The summed E-state index contributed by atoms with van der Waals surface area (Å²) in [5.74, 6) is -3.69. The zero-order valence-corrected chi connectivity index (χ0v) is 19.3. The Hall–Kier alpha value is -4.34. The number of ether oxygens (including phenoxy) is 2. The molecule has 1 saturated heterocycles. The van der Waals surface area contributed by atoms with Gasteiger partial charge in [-0.25, -0.2) is 14.2 Å². The van der Waals surface area contributed by atoms with Crippen LogP contribution in [0.25, 0.3) is 16.9 Å². The molecule has 1 aromatic carbocycles. The smallest absolute Gasteiger partial charge is 0.480 e. The van der Waals surface area contributed by atoms with Gasteiger partial charge in [-0.3, -0.25) is 18.7 Å². The molecule has 1 aliphatic rings. The molecule has 0 spiro atoms. The Bertz CT molecular complexity index is 1470. The van der Waals surface area contributed by atoms with Crippen LogP contribution in [0.1, 0.15) is 0 Å². The summed E-state index contributed by atoms with van der Waals surface area (Å²) < 4.78 is 49.9. The van der Waals surface area contributed by atoms with Crippen LogP contribution in [-0.2, 0) is 27.9 Å². The minimum absolute atomic E-state index is 0.0385. The molecule has 1 fully saturated rings. The number of aliphatic carboxylic acids is 1. The van der Waals surface area contributed by atoms with E-state index in [0.29, 0.717) is 30.7 Å². The second kappa shape index (κ2) is 9.96. The molecular formula is C21H21F3N6O7. The van der Waals surface area contributed by atoms with Gasteiger partial charge >= 0.3 is 23.8 Å². The average molecular weight is 526 g/mol. The van der Waals surface area contributed by atoms with E-state index < -0.39 is 42.7 Å². The number of hydrogen-bond acceptors (Lipinski definition) is 9. The number of carbonyl (C=O) groups excluding carboxylic acids is 1. The molecular weight excluding hydrogens is 505 g/mol. The zero-order chi connectivity index (χ0) is 26.9. The van der Waals surface area contributed by atoms with Crippen molar-refractivity contribution in [2.24, 2.45) is 7.05 Å². The number of rotatable bonds is 7. The van der Waals surface area contributed by atoms with Crippen LogP contribution < -0.4 is 26.2 Å². The molecule has 198 valence electrons. The monoisotopic (exact) mass is 526 g/mol. The Morgan fingerprint density at radius 2 is 1.84 bits per heavy atom. The van der Waals surface area contributed by atoms with E-state index in [0.717, 1.165) is 4.57 Å². The third-order valence-electron chi connectivity index (χ3n) is 5.56. The van der Waals surface area contributed by atoms with Gasteiger partial charge in [0.25, 0.3) is 5.56 Å². The molecule has 0 radical (unpaired) electrons. The number of esters is 1. The number of para-hydroxylation sites is 2. The lowest BCUT2D eigenvalue weighted by molar-refractivity contribution is -0.205. The molecule has 2 aromatic heterocycles. The fourth-order valence-corrected chi connectivity index (χ4v) is 3.88. The Kier molecular flexibility index (Phi) is 6.93. The molecule has 0 amide bonds. The van der Waals surface area contributed by atoms with E-state index in [1.807, 2.05) is 4.90 Å². The molecule has 3 aromatic rings. The van der Waals surface area contributed by atoms with Crippen LogP contribution in [0, 0.1) is 0 Å². The number of nitrogens with zero attached hydrogens (tertiary/aromatic N) is 5. The van der Waals surface area contributed by atoms with Gasteiger partial charge in [-0.05, 0) is 12.1 Å². The number of nitrogens with one attached hydrogen (secondary N) is 1. The largest absolute Gasteiger partial charge is 0.491 e. The minimum atomic E-state index is -5.21. The highest BCUT2D eigenvalue weighted by Crippen LogP contribution is 2.31. The normalized spacial score (nSPS) is 14.1. The summed E-state index contributed by atoms with van der Waals surface area (Å²) in [6.07, 6.45) is -5.21. The van der Waals surface area contributed by atoms with Crippen molar-refractivity contribution in [1.29, 1.82) is 0 Å². The van der Waals surface area contributed by atoms with Crippen LogP contribution in [0.5, 0.6) is 5.75 Å². The number of carboxylic acid groups (broad SMARTS) is 1. The van der Waals surface area contributed by atoms with Gasteiger partial charge in [0.1, 0.15) is 12.3 Å². The molecule has 0 bridgehead atoms. The highest BCUT2D eigenvalue weighted by Gasteiger charge is 2.41. The van der Waals surface area contributed by atoms with Gasteiger partial charge in [0.05, 0.1) is 5.69 Å². The molecule has 0 aliphatic carbocycles. The fourth-order valence-electron chi connectivity index (χ4n) is 3.88. The zero-order valence-electron chi connectivity index (χ0n) is 19.3. The Labute approximate surface area is 205 Å². The number of carboxylic acids is 1. The van der Waals surface area contributed by atoms with E-state index in [2.05, 4.69) is 15.0 Å². The lowest BCUT2D eigenvalue weighted by Crippen LogP contribution is -2.44. The van der Waals surface area contributed by atoms with Gasteiger partial charge in [0.15, 0.2) is 11.2 Å². The topological polar surface area (TPSA) is 150 Å². The number of piperazine rings is 1. The van der Waals surface area contributed by atoms with Crippen molar-refractivity contribution in [2.45, 2.75) is 12.7 Å². The van der Waals surface area contributed by atoms with Gasteiger partial charge in [0.2, 0.25) is 12.7 Å². The standard InChI is InChI=1S/C21H21F3N6O7/c1-27-16-15(17(33)29(20(27)35)10-14(31)32)30(19(26-16)28-8-6-25-7-9-28)12-4-2-3-5-13(12)36-11-37-18(34)21(22,23)24/h2-5,25H,6-11H2,1H3,(H,31,32). The predicted molar refractivity (Wildman–Crippen MR) is 121 cm³/mol. The summed E-state index contributed by atoms with van der Waals surface area (Å²) in [6, 6.07) is 5.93. The first kappa shape index (κ1) is 25.7. The van der Waals surface area contributed by atoms with Crippen molar-refractivity contribution >= 4 is 29.1 Å². The van der Waals surface area contributed by atoms with Crippen molar-refractivity contribution in [2.75, 3.05) is 37.9 Å². The molecule has 3 heterocycles. The molecule has 16 heteroatoms. The summed E-state index contributed by atoms with van der Waals surface area (Å²) in [5.41, 5.74) is -1.88. The number of imidazole rings is 1. The van der Waals surface area contributed by atoms with E-state index in [1.54, 1.807) is 6.07 Å². The quantitative estimate of drug-likeness (QED) is 0.314. The molecule has 1 aliphatic heterocycles. The highest BCUT2D eigenvalue weighted by atomic mass is 19.4. The molecule has 37 heavy (non-hydrogen) atoms. The number of carbonyl (C=O) groups is 2.